The molecule has 3 aromatic rings. The molecule has 6 heteroatoms. The SMILES string of the molecule is COc1ccc(CNc2sc3cc(C(C)C)cnc3c2C(=O)O)cc1. The van der Waals surface area contributed by atoms with Gasteiger partial charge < -0.3 is 15.2 Å². The zero-order valence-corrected chi connectivity index (χ0v) is 15.2. The molecule has 0 saturated carbocycles. The smallest absolute Gasteiger partial charge is 0.340 e. The number of nitrogens with zero attached hydrogens (tertiary/aromatic N) is 1. The average molecular weight is 356 g/mol. The number of aromatic nitrogens is 1. The molecule has 0 saturated heterocycles. The molecule has 130 valence electrons. The minimum absolute atomic E-state index is 0.240. The zero-order chi connectivity index (χ0) is 18.0. The summed E-state index contributed by atoms with van der Waals surface area (Å²) in [5.74, 6) is 0.179. The van der Waals surface area contributed by atoms with Gasteiger partial charge in [-0.3, -0.25) is 4.98 Å². The molecule has 0 aliphatic rings. The summed E-state index contributed by atoms with van der Waals surface area (Å²) >= 11 is 1.43. The molecule has 0 aliphatic carbocycles. The van der Waals surface area contributed by atoms with Crippen molar-refractivity contribution < 1.29 is 14.6 Å². The second-order valence-electron chi connectivity index (χ2n) is 6.08. The molecule has 0 fully saturated rings. The Morgan fingerprint density at radius 2 is 2.04 bits per heavy atom. The predicted octanol–water partition coefficient (Wildman–Crippen LogP) is 4.74. The number of methoxy groups -OCH3 is 1. The van der Waals surface area contributed by atoms with Crippen LogP contribution in [0.3, 0.4) is 0 Å². The fraction of sp³-hybridized carbons (Fsp3) is 0.263. The molecule has 25 heavy (non-hydrogen) atoms. The lowest BCUT2D eigenvalue weighted by Crippen LogP contribution is -2.04. The first kappa shape index (κ1) is 17.2. The van der Waals surface area contributed by atoms with Gasteiger partial charge in [-0.1, -0.05) is 26.0 Å². The molecular weight excluding hydrogens is 336 g/mol. The van der Waals surface area contributed by atoms with Crippen molar-refractivity contribution in [3.63, 3.8) is 0 Å². The quantitative estimate of drug-likeness (QED) is 0.667. The Balaban J connectivity index is 1.91. The summed E-state index contributed by atoms with van der Waals surface area (Å²) in [4.78, 5) is 16.1. The van der Waals surface area contributed by atoms with Crippen LogP contribution in [0, 0.1) is 0 Å². The fourth-order valence-electron chi connectivity index (χ4n) is 2.56. The Hall–Kier alpha value is -2.60. The van der Waals surface area contributed by atoms with Crippen molar-refractivity contribution in [2.45, 2.75) is 26.3 Å². The second-order valence-corrected chi connectivity index (χ2v) is 7.14. The number of aromatic carboxylic acids is 1. The zero-order valence-electron chi connectivity index (χ0n) is 14.4. The van der Waals surface area contributed by atoms with Gasteiger partial charge in [0, 0.05) is 12.7 Å². The van der Waals surface area contributed by atoms with E-state index in [4.69, 9.17) is 4.74 Å². The van der Waals surface area contributed by atoms with Crippen molar-refractivity contribution in [1.29, 1.82) is 0 Å². The van der Waals surface area contributed by atoms with Crippen LogP contribution in [0.2, 0.25) is 0 Å². The van der Waals surface area contributed by atoms with Crippen molar-refractivity contribution in [2.75, 3.05) is 12.4 Å². The Kier molecular flexibility index (Phi) is 4.90. The number of rotatable bonds is 6. The standard InChI is InChI=1S/C19H20N2O3S/c1-11(2)13-8-15-17(20-10-13)16(19(22)23)18(25-15)21-9-12-4-6-14(24-3)7-5-12/h4-8,10-11,21H,9H2,1-3H3,(H,22,23). The molecule has 0 bridgehead atoms. The highest BCUT2D eigenvalue weighted by molar-refractivity contribution is 7.23. The third-order valence-corrected chi connectivity index (χ3v) is 5.13. The molecular formula is C19H20N2O3S. The van der Waals surface area contributed by atoms with E-state index in [9.17, 15) is 9.90 Å². The number of hydrogen-bond donors (Lipinski definition) is 2. The van der Waals surface area contributed by atoms with Crippen LogP contribution in [0.1, 0.15) is 41.3 Å². The number of thiophene rings is 1. The summed E-state index contributed by atoms with van der Waals surface area (Å²) in [7, 11) is 1.63. The molecule has 3 rings (SSSR count). The molecule has 2 N–H and O–H groups in total. The molecule has 5 nitrogen and oxygen atoms in total. The lowest BCUT2D eigenvalue weighted by atomic mass is 10.1. The number of nitrogens with one attached hydrogen (secondary N) is 1. The van der Waals surface area contributed by atoms with Crippen molar-refractivity contribution in [1.82, 2.24) is 4.98 Å². The molecule has 2 heterocycles. The van der Waals surface area contributed by atoms with Crippen LogP contribution in [-0.2, 0) is 6.54 Å². The van der Waals surface area contributed by atoms with Gasteiger partial charge in [0.2, 0.25) is 0 Å². The highest BCUT2D eigenvalue weighted by Gasteiger charge is 2.20. The Labute approximate surface area is 150 Å². The van der Waals surface area contributed by atoms with Crippen LogP contribution in [0.15, 0.2) is 36.5 Å². The molecule has 0 aliphatic heterocycles. The molecule has 0 spiro atoms. The predicted molar refractivity (Wildman–Crippen MR) is 101 cm³/mol. The topological polar surface area (TPSA) is 71.5 Å². The summed E-state index contributed by atoms with van der Waals surface area (Å²) < 4.78 is 6.04. The Bertz CT molecular complexity index is 901. The van der Waals surface area contributed by atoms with E-state index in [1.165, 1.54) is 11.3 Å². The van der Waals surface area contributed by atoms with Crippen LogP contribution < -0.4 is 10.1 Å². The fourth-order valence-corrected chi connectivity index (χ4v) is 3.65. The number of fused-ring (bicyclic) bond motifs is 1. The third kappa shape index (κ3) is 3.58. The van der Waals surface area contributed by atoms with Crippen LogP contribution in [-0.4, -0.2) is 23.2 Å². The summed E-state index contributed by atoms with van der Waals surface area (Å²) in [6.45, 7) is 4.73. The van der Waals surface area contributed by atoms with Gasteiger partial charge in [-0.25, -0.2) is 4.79 Å². The first-order valence-electron chi connectivity index (χ1n) is 8.02. The summed E-state index contributed by atoms with van der Waals surface area (Å²) in [5.41, 5.74) is 2.93. The number of carboxylic acids is 1. The lowest BCUT2D eigenvalue weighted by Gasteiger charge is -2.06. The van der Waals surface area contributed by atoms with Gasteiger partial charge in [0.25, 0.3) is 0 Å². The molecule has 0 radical (unpaired) electrons. The minimum atomic E-state index is -0.965. The highest BCUT2D eigenvalue weighted by Crippen LogP contribution is 2.36. The number of benzene rings is 1. The minimum Gasteiger partial charge on any atom is -0.497 e. The summed E-state index contributed by atoms with van der Waals surface area (Å²) in [6, 6.07) is 9.71. The Morgan fingerprint density at radius 3 is 2.64 bits per heavy atom. The Morgan fingerprint density at radius 1 is 1.32 bits per heavy atom. The number of ether oxygens (including phenoxy) is 1. The van der Waals surface area contributed by atoms with Crippen molar-refractivity contribution >= 4 is 32.5 Å². The van der Waals surface area contributed by atoms with Gasteiger partial charge in [0.1, 0.15) is 16.3 Å². The largest absolute Gasteiger partial charge is 0.497 e. The first-order valence-corrected chi connectivity index (χ1v) is 8.83. The van der Waals surface area contributed by atoms with Crippen LogP contribution in [0.25, 0.3) is 10.2 Å². The van der Waals surface area contributed by atoms with E-state index in [1.807, 2.05) is 30.3 Å². The highest BCUT2D eigenvalue weighted by atomic mass is 32.1. The lowest BCUT2D eigenvalue weighted by molar-refractivity contribution is 0.0700. The molecule has 0 amide bonds. The number of pyridine rings is 1. The van der Waals surface area contributed by atoms with E-state index >= 15 is 0 Å². The molecule has 0 atom stereocenters. The van der Waals surface area contributed by atoms with E-state index in [0.29, 0.717) is 23.0 Å². The van der Waals surface area contributed by atoms with Gasteiger partial charge in [-0.05, 0) is 35.2 Å². The van der Waals surface area contributed by atoms with Gasteiger partial charge in [-0.15, -0.1) is 11.3 Å². The number of hydrogen-bond acceptors (Lipinski definition) is 5. The van der Waals surface area contributed by atoms with Gasteiger partial charge in [-0.2, -0.15) is 0 Å². The monoisotopic (exact) mass is 356 g/mol. The molecule has 1 aromatic carbocycles. The number of carboxylic acid groups (broad SMARTS) is 1. The maximum absolute atomic E-state index is 11.7. The van der Waals surface area contributed by atoms with E-state index in [2.05, 4.69) is 24.1 Å². The normalized spacial score (nSPS) is 11.0. The van der Waals surface area contributed by atoms with Crippen LogP contribution >= 0.6 is 11.3 Å². The average Bonchev–Trinajstić information content (AvgIpc) is 2.98. The summed E-state index contributed by atoms with van der Waals surface area (Å²) in [5, 5.41) is 13.5. The van der Waals surface area contributed by atoms with Crippen molar-refractivity contribution in [3.8, 4) is 5.75 Å². The van der Waals surface area contributed by atoms with E-state index in [0.717, 1.165) is 21.6 Å². The second kappa shape index (κ2) is 7.11. The first-order chi connectivity index (χ1) is 12.0. The van der Waals surface area contributed by atoms with E-state index in [-0.39, 0.29) is 5.56 Å². The van der Waals surface area contributed by atoms with Crippen LogP contribution in [0.4, 0.5) is 5.00 Å². The van der Waals surface area contributed by atoms with Crippen molar-refractivity contribution in [2.24, 2.45) is 0 Å². The molecule has 0 unspecified atom stereocenters. The van der Waals surface area contributed by atoms with Gasteiger partial charge in [0.05, 0.1) is 17.3 Å². The van der Waals surface area contributed by atoms with E-state index in [1.54, 1.807) is 13.3 Å². The molecule has 2 aromatic heterocycles. The number of carbonyl (C=O) groups is 1. The third-order valence-electron chi connectivity index (χ3n) is 4.04. The van der Waals surface area contributed by atoms with Crippen molar-refractivity contribution in [3.05, 3.63) is 53.2 Å². The maximum Gasteiger partial charge on any atom is 0.340 e. The summed E-state index contributed by atoms with van der Waals surface area (Å²) in [6.07, 6.45) is 1.76. The van der Waals surface area contributed by atoms with E-state index < -0.39 is 5.97 Å². The number of anilines is 1. The maximum atomic E-state index is 11.7. The van der Waals surface area contributed by atoms with Gasteiger partial charge >= 0.3 is 5.97 Å². The van der Waals surface area contributed by atoms with Crippen LogP contribution in [0.5, 0.6) is 5.75 Å². The van der Waals surface area contributed by atoms with Gasteiger partial charge in [0.15, 0.2) is 0 Å².